The summed E-state index contributed by atoms with van der Waals surface area (Å²) in [5.41, 5.74) is 0.909. The Morgan fingerprint density at radius 1 is 1.13 bits per heavy atom. The molecule has 0 aromatic heterocycles. The first-order valence-corrected chi connectivity index (χ1v) is 7.68. The maximum absolute atomic E-state index is 12.1. The predicted molar refractivity (Wildman–Crippen MR) is 88.9 cm³/mol. The van der Waals surface area contributed by atoms with Gasteiger partial charge in [0.25, 0.3) is 11.8 Å². The van der Waals surface area contributed by atoms with Gasteiger partial charge in [0.1, 0.15) is 0 Å². The molecule has 6 heteroatoms. The number of hydrogen-bond acceptors (Lipinski definition) is 3. The Morgan fingerprint density at radius 3 is 2.17 bits per heavy atom. The van der Waals surface area contributed by atoms with Gasteiger partial charge in [-0.3, -0.25) is 9.59 Å². The van der Waals surface area contributed by atoms with E-state index in [1.165, 1.54) is 0 Å². The SMILES string of the molecule is CC[NH+](CC(=O)Nc1ccc(C#N)cc1)CC(=O)NC(C)(C)C. The molecule has 0 fully saturated rings. The number of anilines is 1. The van der Waals surface area contributed by atoms with Crippen LogP contribution in [-0.4, -0.2) is 37.0 Å². The fourth-order valence-electron chi connectivity index (χ4n) is 2.06. The molecule has 3 N–H and O–H groups in total. The monoisotopic (exact) mass is 317 g/mol. The summed E-state index contributed by atoms with van der Waals surface area (Å²) >= 11 is 0. The summed E-state index contributed by atoms with van der Waals surface area (Å²) < 4.78 is 0. The van der Waals surface area contributed by atoms with Gasteiger partial charge in [-0.15, -0.1) is 0 Å². The Kier molecular flexibility index (Phi) is 6.73. The van der Waals surface area contributed by atoms with E-state index in [-0.39, 0.29) is 30.4 Å². The second-order valence-corrected chi connectivity index (χ2v) is 6.49. The first-order chi connectivity index (χ1) is 10.7. The average Bonchev–Trinajstić information content (AvgIpc) is 2.45. The lowest BCUT2D eigenvalue weighted by molar-refractivity contribution is -0.881. The predicted octanol–water partition coefficient (Wildman–Crippen LogP) is 0.316. The lowest BCUT2D eigenvalue weighted by atomic mass is 10.1. The van der Waals surface area contributed by atoms with Crippen LogP contribution in [0, 0.1) is 11.3 Å². The van der Waals surface area contributed by atoms with Crippen molar-refractivity contribution in [1.29, 1.82) is 5.26 Å². The molecule has 1 atom stereocenters. The van der Waals surface area contributed by atoms with Crippen molar-refractivity contribution in [1.82, 2.24) is 5.32 Å². The second-order valence-electron chi connectivity index (χ2n) is 6.49. The third-order valence-corrected chi connectivity index (χ3v) is 3.13. The van der Waals surface area contributed by atoms with Crippen LogP contribution >= 0.6 is 0 Å². The molecule has 1 unspecified atom stereocenters. The van der Waals surface area contributed by atoms with Crippen molar-refractivity contribution >= 4 is 17.5 Å². The van der Waals surface area contributed by atoms with Gasteiger partial charge in [0, 0.05) is 11.2 Å². The van der Waals surface area contributed by atoms with Gasteiger partial charge in [-0.2, -0.15) is 5.26 Å². The number of amides is 2. The molecule has 0 saturated heterocycles. The summed E-state index contributed by atoms with van der Waals surface area (Å²) in [5, 5.41) is 14.4. The molecular weight excluding hydrogens is 292 g/mol. The number of likely N-dealkylation sites (N-methyl/N-ethyl adjacent to an activating group) is 1. The van der Waals surface area contributed by atoms with Crippen LogP contribution in [0.1, 0.15) is 33.3 Å². The third-order valence-electron chi connectivity index (χ3n) is 3.13. The molecule has 1 aromatic rings. The molecule has 0 saturated carbocycles. The first-order valence-electron chi connectivity index (χ1n) is 7.68. The summed E-state index contributed by atoms with van der Waals surface area (Å²) in [6, 6.07) is 8.70. The molecule has 0 heterocycles. The van der Waals surface area contributed by atoms with E-state index in [0.717, 1.165) is 4.90 Å². The van der Waals surface area contributed by atoms with E-state index in [1.54, 1.807) is 24.3 Å². The fraction of sp³-hybridized carbons (Fsp3) is 0.471. The fourth-order valence-corrected chi connectivity index (χ4v) is 2.06. The Labute approximate surface area is 137 Å². The topological polar surface area (TPSA) is 86.4 Å². The van der Waals surface area contributed by atoms with Crippen LogP contribution in [0.25, 0.3) is 0 Å². The normalized spacial score (nSPS) is 12.1. The highest BCUT2D eigenvalue weighted by atomic mass is 16.2. The standard InChI is InChI=1S/C17H24N4O2/c1-5-21(12-16(23)20-17(2,3)4)11-15(22)19-14-8-6-13(10-18)7-9-14/h6-9H,5,11-12H2,1-4H3,(H,19,22)(H,20,23)/p+1. The number of quaternary nitrogens is 1. The Balaban J connectivity index is 2.52. The Hall–Kier alpha value is -2.39. The molecule has 0 bridgehead atoms. The molecule has 23 heavy (non-hydrogen) atoms. The van der Waals surface area contributed by atoms with Gasteiger partial charge in [-0.25, -0.2) is 0 Å². The minimum absolute atomic E-state index is 0.0690. The molecule has 0 aliphatic rings. The maximum Gasteiger partial charge on any atom is 0.279 e. The zero-order chi connectivity index (χ0) is 17.5. The van der Waals surface area contributed by atoms with Gasteiger partial charge >= 0.3 is 0 Å². The van der Waals surface area contributed by atoms with E-state index >= 15 is 0 Å². The number of benzene rings is 1. The van der Waals surface area contributed by atoms with Crippen molar-refractivity contribution in [2.75, 3.05) is 25.0 Å². The highest BCUT2D eigenvalue weighted by Gasteiger charge is 2.20. The van der Waals surface area contributed by atoms with Gasteiger partial charge in [-0.1, -0.05) is 0 Å². The lowest BCUT2D eigenvalue weighted by Gasteiger charge is -2.23. The zero-order valence-electron chi connectivity index (χ0n) is 14.2. The molecule has 0 radical (unpaired) electrons. The first kappa shape index (κ1) is 18.7. The molecule has 6 nitrogen and oxygen atoms in total. The second kappa shape index (κ2) is 8.30. The van der Waals surface area contributed by atoms with Crippen LogP contribution in [0.2, 0.25) is 0 Å². The molecule has 0 aliphatic carbocycles. The smallest absolute Gasteiger partial charge is 0.279 e. The van der Waals surface area contributed by atoms with Gasteiger partial charge in [0.2, 0.25) is 0 Å². The Bertz CT molecular complexity index is 582. The van der Waals surface area contributed by atoms with Gasteiger partial charge in [-0.05, 0) is 52.0 Å². The number of nitriles is 1. The van der Waals surface area contributed by atoms with Crippen molar-refractivity contribution in [2.45, 2.75) is 33.2 Å². The van der Waals surface area contributed by atoms with E-state index in [4.69, 9.17) is 5.26 Å². The van der Waals surface area contributed by atoms with Crippen molar-refractivity contribution in [2.24, 2.45) is 0 Å². The molecule has 0 aliphatic heterocycles. The summed E-state index contributed by atoms with van der Waals surface area (Å²) in [5.74, 6) is -0.226. The quantitative estimate of drug-likeness (QED) is 0.706. The van der Waals surface area contributed by atoms with E-state index in [9.17, 15) is 9.59 Å². The van der Waals surface area contributed by atoms with Crippen LogP contribution in [0.3, 0.4) is 0 Å². The number of nitrogens with one attached hydrogen (secondary N) is 3. The summed E-state index contributed by atoms with van der Waals surface area (Å²) in [4.78, 5) is 24.9. The van der Waals surface area contributed by atoms with Gasteiger partial charge < -0.3 is 15.5 Å². The Morgan fingerprint density at radius 2 is 1.70 bits per heavy atom. The lowest BCUT2D eigenvalue weighted by Crippen LogP contribution is -3.14. The van der Waals surface area contributed by atoms with Crippen LogP contribution in [0.4, 0.5) is 5.69 Å². The number of carbonyl (C=O) groups excluding carboxylic acids is 2. The van der Waals surface area contributed by atoms with Crippen molar-refractivity contribution in [3.05, 3.63) is 29.8 Å². The molecule has 2 amide bonds. The molecule has 124 valence electrons. The molecule has 1 rings (SSSR count). The largest absolute Gasteiger partial charge is 0.347 e. The number of hydrogen-bond donors (Lipinski definition) is 3. The highest BCUT2D eigenvalue weighted by molar-refractivity contribution is 5.91. The maximum atomic E-state index is 12.1. The van der Waals surface area contributed by atoms with Crippen LogP contribution < -0.4 is 15.5 Å². The average molecular weight is 317 g/mol. The molecular formula is C17H25N4O2+. The van der Waals surface area contributed by atoms with Gasteiger partial charge in [0.15, 0.2) is 13.1 Å². The minimum Gasteiger partial charge on any atom is -0.347 e. The van der Waals surface area contributed by atoms with Gasteiger partial charge in [0.05, 0.1) is 18.2 Å². The van der Waals surface area contributed by atoms with E-state index in [0.29, 0.717) is 17.8 Å². The number of nitrogens with zero attached hydrogens (tertiary/aromatic N) is 1. The van der Waals surface area contributed by atoms with Crippen molar-refractivity contribution in [3.63, 3.8) is 0 Å². The minimum atomic E-state index is -0.277. The molecule has 1 aromatic carbocycles. The van der Waals surface area contributed by atoms with Crippen LogP contribution in [0.5, 0.6) is 0 Å². The van der Waals surface area contributed by atoms with Crippen LogP contribution in [-0.2, 0) is 9.59 Å². The van der Waals surface area contributed by atoms with E-state index in [1.807, 2.05) is 33.8 Å². The van der Waals surface area contributed by atoms with E-state index < -0.39 is 0 Å². The van der Waals surface area contributed by atoms with E-state index in [2.05, 4.69) is 10.6 Å². The summed E-state index contributed by atoms with van der Waals surface area (Å²) in [7, 11) is 0. The summed E-state index contributed by atoms with van der Waals surface area (Å²) in [6.07, 6.45) is 0. The highest BCUT2D eigenvalue weighted by Crippen LogP contribution is 2.08. The summed E-state index contributed by atoms with van der Waals surface area (Å²) in [6.45, 7) is 8.87. The van der Waals surface area contributed by atoms with Crippen LogP contribution in [0.15, 0.2) is 24.3 Å². The molecule has 0 spiro atoms. The third kappa shape index (κ3) is 7.43. The number of rotatable bonds is 6. The van der Waals surface area contributed by atoms with Crippen molar-refractivity contribution < 1.29 is 14.5 Å². The number of carbonyl (C=O) groups is 2. The van der Waals surface area contributed by atoms with Crippen molar-refractivity contribution in [3.8, 4) is 6.07 Å². The zero-order valence-corrected chi connectivity index (χ0v) is 14.2.